The smallest absolute Gasteiger partial charge is 0.330 e. The molecular formula is C33H50O13. The lowest BCUT2D eigenvalue weighted by atomic mass is 9.74. The van der Waals surface area contributed by atoms with Crippen LogP contribution in [0.3, 0.4) is 0 Å². The fraction of sp³-hybridized carbons (Fsp3) is 0.788. The third-order valence-corrected chi connectivity index (χ3v) is 9.15. The first kappa shape index (κ1) is 36.4. The van der Waals surface area contributed by atoms with Gasteiger partial charge in [0.1, 0.15) is 6.10 Å². The summed E-state index contributed by atoms with van der Waals surface area (Å²) in [5, 5.41) is 33.7. The molecule has 0 aromatic carbocycles. The zero-order valence-electron chi connectivity index (χ0n) is 27.4. The lowest BCUT2D eigenvalue weighted by molar-refractivity contribution is -0.327. The van der Waals surface area contributed by atoms with E-state index in [1.165, 1.54) is 21.0 Å². The van der Waals surface area contributed by atoms with Gasteiger partial charge in [0.25, 0.3) is 0 Å². The van der Waals surface area contributed by atoms with Gasteiger partial charge in [0.05, 0.1) is 56.8 Å². The van der Waals surface area contributed by atoms with E-state index in [-0.39, 0.29) is 49.6 Å². The average Bonchev–Trinajstić information content (AvgIpc) is 2.97. The summed E-state index contributed by atoms with van der Waals surface area (Å²) in [6.07, 6.45) is 1.43. The number of fused-ring (bicyclic) bond motifs is 6. The van der Waals surface area contributed by atoms with Gasteiger partial charge in [-0.3, -0.25) is 9.59 Å². The normalized spacial score (nSPS) is 39.7. The molecule has 3 fully saturated rings. The van der Waals surface area contributed by atoms with E-state index >= 15 is 0 Å². The van der Waals surface area contributed by atoms with E-state index < -0.39 is 65.9 Å². The largest absolute Gasteiger partial charge is 0.466 e. The van der Waals surface area contributed by atoms with Crippen molar-refractivity contribution in [2.75, 3.05) is 13.7 Å². The zero-order valence-corrected chi connectivity index (χ0v) is 27.4. The second kappa shape index (κ2) is 15.7. The summed E-state index contributed by atoms with van der Waals surface area (Å²) in [6.45, 7) is 6.43. The number of carbonyl (C=O) groups is 3. The first-order valence-corrected chi connectivity index (χ1v) is 16.2. The SMILES string of the molecule is COC(=O)/C=C1\C[C@H]2C[C@H]([C@@H](C)O)OC(=O)C[C@H](O)C[C@@H]3CCC[C@H](C[C@@H]4CCO[C@H](/C=C/C(C)(C)[C@](O)(O2)C1OC(C)=O)O4)O3. The molecule has 0 aromatic rings. The number of hydrogen-bond acceptors (Lipinski definition) is 13. The zero-order chi connectivity index (χ0) is 33.6. The topological polar surface area (TPSA) is 177 Å². The van der Waals surface area contributed by atoms with E-state index in [0.29, 0.717) is 19.4 Å². The minimum atomic E-state index is -2.25. The van der Waals surface area contributed by atoms with Gasteiger partial charge in [-0.2, -0.15) is 0 Å². The van der Waals surface area contributed by atoms with Gasteiger partial charge in [0, 0.05) is 31.3 Å². The summed E-state index contributed by atoms with van der Waals surface area (Å²) in [5.41, 5.74) is -1.07. The predicted octanol–water partition coefficient (Wildman–Crippen LogP) is 2.37. The van der Waals surface area contributed by atoms with E-state index in [0.717, 1.165) is 25.3 Å². The number of aliphatic hydroxyl groups is 3. The highest BCUT2D eigenvalue weighted by Crippen LogP contribution is 2.47. The van der Waals surface area contributed by atoms with Gasteiger partial charge in [0.15, 0.2) is 12.4 Å². The van der Waals surface area contributed by atoms with Gasteiger partial charge in [-0.05, 0) is 57.1 Å². The van der Waals surface area contributed by atoms with Crippen LogP contribution in [0.2, 0.25) is 0 Å². The molecule has 0 saturated carbocycles. The van der Waals surface area contributed by atoms with Gasteiger partial charge in [-0.1, -0.05) is 19.9 Å². The summed E-state index contributed by atoms with van der Waals surface area (Å²) in [6, 6.07) is 0. The fourth-order valence-corrected chi connectivity index (χ4v) is 6.61. The minimum absolute atomic E-state index is 0.0186. The van der Waals surface area contributed by atoms with Crippen LogP contribution in [0, 0.1) is 5.41 Å². The van der Waals surface area contributed by atoms with Crippen LogP contribution in [-0.2, 0) is 47.5 Å². The second-order valence-electron chi connectivity index (χ2n) is 13.4. The van der Waals surface area contributed by atoms with Crippen LogP contribution in [0.15, 0.2) is 23.8 Å². The number of carbonyl (C=O) groups excluding carboxylic acids is 3. The Balaban J connectivity index is 1.72. The lowest BCUT2D eigenvalue weighted by Gasteiger charge is -2.51. The van der Waals surface area contributed by atoms with Crippen molar-refractivity contribution in [1.82, 2.24) is 0 Å². The molecule has 3 saturated heterocycles. The van der Waals surface area contributed by atoms with E-state index in [2.05, 4.69) is 0 Å². The van der Waals surface area contributed by atoms with Crippen molar-refractivity contribution in [2.45, 2.75) is 146 Å². The van der Waals surface area contributed by atoms with E-state index in [1.807, 2.05) is 0 Å². The van der Waals surface area contributed by atoms with Gasteiger partial charge >= 0.3 is 17.9 Å². The molecule has 3 N–H and O–H groups in total. The van der Waals surface area contributed by atoms with Crippen molar-refractivity contribution in [3.8, 4) is 0 Å². The molecule has 46 heavy (non-hydrogen) atoms. The van der Waals surface area contributed by atoms with E-state index in [1.54, 1.807) is 26.0 Å². The lowest BCUT2D eigenvalue weighted by Crippen LogP contribution is -2.62. The number of hydrogen-bond donors (Lipinski definition) is 3. The molecule has 0 amide bonds. The maximum absolute atomic E-state index is 12.9. The van der Waals surface area contributed by atoms with Crippen LogP contribution in [0.4, 0.5) is 0 Å². The Hall–Kier alpha value is -2.39. The van der Waals surface area contributed by atoms with Crippen molar-refractivity contribution in [2.24, 2.45) is 5.41 Å². The molecule has 13 nitrogen and oxygen atoms in total. The van der Waals surface area contributed by atoms with Gasteiger partial charge in [-0.25, -0.2) is 4.79 Å². The quantitative estimate of drug-likeness (QED) is 0.175. The molecule has 0 aliphatic carbocycles. The Morgan fingerprint density at radius 3 is 2.41 bits per heavy atom. The van der Waals surface area contributed by atoms with Gasteiger partial charge < -0.3 is 48.5 Å². The third kappa shape index (κ3) is 9.36. The Morgan fingerprint density at radius 1 is 1.04 bits per heavy atom. The number of cyclic esters (lactones) is 1. The van der Waals surface area contributed by atoms with Crippen LogP contribution in [0.5, 0.6) is 0 Å². The maximum Gasteiger partial charge on any atom is 0.330 e. The van der Waals surface area contributed by atoms with Crippen LogP contribution in [0.25, 0.3) is 0 Å². The number of aliphatic hydroxyl groups excluding tert-OH is 2. The second-order valence-corrected chi connectivity index (χ2v) is 13.4. The van der Waals surface area contributed by atoms with Crippen molar-refractivity contribution in [3.63, 3.8) is 0 Å². The number of methoxy groups -OCH3 is 1. The summed E-state index contributed by atoms with van der Waals surface area (Å²) >= 11 is 0. The standard InChI is InChI=1S/C33H50O13/c1-19(34)27-18-26-13-21(14-28(37)40-5)31(42-20(2)35)33(39,46-26)32(3,4)11-9-30-41-12-10-25(44-30)17-24-8-6-7-23(43-24)15-22(36)16-29(38)45-27/h9,11,14,19,22-27,30-31,34,36,39H,6-8,10,12-13,15-18H2,1-5H3/b11-9+,21-14+/t19-,22-,23+,24-,25+,26+,27-,30+,31?,33-/m1/s1. The molecule has 6 bridgehead atoms. The molecule has 13 heteroatoms. The highest BCUT2D eigenvalue weighted by molar-refractivity contribution is 5.83. The average molecular weight is 655 g/mol. The maximum atomic E-state index is 12.9. The molecule has 0 radical (unpaired) electrons. The first-order chi connectivity index (χ1) is 21.7. The van der Waals surface area contributed by atoms with Crippen LogP contribution >= 0.6 is 0 Å². The monoisotopic (exact) mass is 654 g/mol. The van der Waals surface area contributed by atoms with Crippen molar-refractivity contribution in [1.29, 1.82) is 0 Å². The number of ether oxygens (including phenoxy) is 7. The summed E-state index contributed by atoms with van der Waals surface area (Å²) < 4.78 is 40.8. The molecule has 4 aliphatic heterocycles. The molecule has 4 heterocycles. The van der Waals surface area contributed by atoms with Crippen molar-refractivity contribution < 1.29 is 62.9 Å². The molecular weight excluding hydrogens is 604 g/mol. The Morgan fingerprint density at radius 2 is 1.74 bits per heavy atom. The Kier molecular flexibility index (Phi) is 12.4. The first-order valence-electron chi connectivity index (χ1n) is 16.2. The molecule has 1 unspecified atom stereocenters. The minimum Gasteiger partial charge on any atom is -0.466 e. The van der Waals surface area contributed by atoms with Crippen molar-refractivity contribution >= 4 is 17.9 Å². The molecule has 4 aliphatic rings. The molecule has 0 spiro atoms. The Labute approximate surface area is 270 Å². The number of rotatable bonds is 3. The molecule has 10 atom stereocenters. The van der Waals surface area contributed by atoms with E-state index in [4.69, 9.17) is 33.2 Å². The predicted molar refractivity (Wildman–Crippen MR) is 161 cm³/mol. The molecule has 260 valence electrons. The third-order valence-electron chi connectivity index (χ3n) is 9.15. The fourth-order valence-electron chi connectivity index (χ4n) is 6.61. The van der Waals surface area contributed by atoms with E-state index in [9.17, 15) is 29.7 Å². The number of esters is 3. The van der Waals surface area contributed by atoms with Crippen molar-refractivity contribution in [3.05, 3.63) is 23.8 Å². The Bertz CT molecular complexity index is 1130. The molecule has 4 rings (SSSR count). The highest BCUT2D eigenvalue weighted by Gasteiger charge is 2.57. The summed E-state index contributed by atoms with van der Waals surface area (Å²) in [5.74, 6) is -4.41. The van der Waals surface area contributed by atoms with Gasteiger partial charge in [0.2, 0.25) is 5.79 Å². The van der Waals surface area contributed by atoms with Crippen LogP contribution < -0.4 is 0 Å². The van der Waals surface area contributed by atoms with Crippen LogP contribution in [-0.4, -0.2) is 108 Å². The molecule has 0 aromatic heterocycles. The summed E-state index contributed by atoms with van der Waals surface area (Å²) in [7, 11) is 1.20. The van der Waals surface area contributed by atoms with Gasteiger partial charge in [-0.15, -0.1) is 0 Å². The summed E-state index contributed by atoms with van der Waals surface area (Å²) in [4.78, 5) is 37.7. The highest BCUT2D eigenvalue weighted by atomic mass is 16.7. The van der Waals surface area contributed by atoms with Crippen LogP contribution in [0.1, 0.15) is 85.5 Å².